The van der Waals surface area contributed by atoms with Crippen molar-refractivity contribution in [3.63, 3.8) is 0 Å². The van der Waals surface area contributed by atoms with Crippen LogP contribution in [0.5, 0.6) is 0 Å². The van der Waals surface area contributed by atoms with Gasteiger partial charge in [-0.1, -0.05) is 32.4 Å². The average molecular weight is 539 g/mol. The quantitative estimate of drug-likeness (QED) is 0.344. The molecule has 1 aromatic carbocycles. The number of sulfone groups is 1. The van der Waals surface area contributed by atoms with Crippen molar-refractivity contribution in [3.05, 3.63) is 76.9 Å². The van der Waals surface area contributed by atoms with Crippen LogP contribution in [-0.2, 0) is 15.6 Å². The average Bonchev–Trinajstić information content (AvgIpc) is 3.34. The van der Waals surface area contributed by atoms with Crippen LogP contribution in [0.1, 0.15) is 67.7 Å². The minimum absolute atomic E-state index is 0.173. The van der Waals surface area contributed by atoms with Crippen LogP contribution in [0, 0.1) is 17.6 Å². The summed E-state index contributed by atoms with van der Waals surface area (Å²) in [4.78, 5) is 9.14. The summed E-state index contributed by atoms with van der Waals surface area (Å²) in [5.74, 6) is -0.765. The summed E-state index contributed by atoms with van der Waals surface area (Å²) in [7, 11) is -3.28. The van der Waals surface area contributed by atoms with Gasteiger partial charge in [0.2, 0.25) is 0 Å². The molecule has 3 atom stereocenters. The van der Waals surface area contributed by atoms with Crippen LogP contribution in [0.3, 0.4) is 0 Å². The van der Waals surface area contributed by atoms with Crippen LogP contribution >= 0.6 is 0 Å². The van der Waals surface area contributed by atoms with Crippen molar-refractivity contribution in [1.29, 1.82) is 0 Å². The van der Waals surface area contributed by atoms with Crippen LogP contribution in [-0.4, -0.2) is 45.0 Å². The van der Waals surface area contributed by atoms with Crippen LogP contribution in [0.4, 0.5) is 8.78 Å². The first kappa shape index (κ1) is 26.0. The molecule has 0 bridgehead atoms. The number of rotatable bonds is 7. The Bertz CT molecular complexity index is 1570. The molecule has 198 valence electrons. The van der Waals surface area contributed by atoms with Gasteiger partial charge in [-0.05, 0) is 60.6 Å². The lowest BCUT2D eigenvalue weighted by Crippen LogP contribution is -2.26. The van der Waals surface area contributed by atoms with E-state index in [0.29, 0.717) is 17.4 Å². The number of hydrogen-bond acceptors (Lipinski definition) is 7. The van der Waals surface area contributed by atoms with Gasteiger partial charge < -0.3 is 0 Å². The van der Waals surface area contributed by atoms with Crippen LogP contribution in [0.15, 0.2) is 42.5 Å². The maximum atomic E-state index is 14.6. The molecular formula is C27H28F2N6O2S. The van der Waals surface area contributed by atoms with E-state index < -0.39 is 21.5 Å². The molecule has 0 radical (unpaired) electrons. The lowest BCUT2D eigenvalue weighted by Gasteiger charge is -2.36. The number of nitrogens with zero attached hydrogens (tertiary/aromatic N) is 5. The number of hydrogen-bond donors (Lipinski definition) is 1. The highest BCUT2D eigenvalue weighted by Gasteiger charge is 2.37. The van der Waals surface area contributed by atoms with Gasteiger partial charge in [0.1, 0.15) is 23.1 Å². The summed E-state index contributed by atoms with van der Waals surface area (Å²) in [5, 5.41) is 15.6. The molecule has 2 unspecified atom stereocenters. The van der Waals surface area contributed by atoms with Gasteiger partial charge in [0.05, 0.1) is 22.6 Å². The molecule has 0 aliphatic heterocycles. The topological polar surface area (TPSA) is 114 Å². The molecule has 1 aliphatic rings. The van der Waals surface area contributed by atoms with Crippen molar-refractivity contribution in [3.8, 4) is 22.8 Å². The molecule has 8 nitrogen and oxygen atoms in total. The molecule has 0 saturated heterocycles. The fourth-order valence-electron chi connectivity index (χ4n) is 5.43. The van der Waals surface area contributed by atoms with Crippen molar-refractivity contribution in [2.45, 2.75) is 50.7 Å². The van der Waals surface area contributed by atoms with E-state index >= 15 is 0 Å². The van der Waals surface area contributed by atoms with Crippen molar-refractivity contribution >= 4 is 9.84 Å². The largest absolute Gasteiger partial charge is 0.258 e. The normalized spacial score (nSPS) is 19.3. The second-order valence-electron chi connectivity index (χ2n) is 9.76. The number of fused-ring (bicyclic) bond motifs is 1. The van der Waals surface area contributed by atoms with Gasteiger partial charge in [-0.15, -0.1) is 5.10 Å². The molecule has 11 heteroatoms. The third kappa shape index (κ3) is 5.07. The minimum Gasteiger partial charge on any atom is -0.258 e. The molecule has 0 amide bonds. The van der Waals surface area contributed by atoms with E-state index in [1.807, 2.05) is 12.1 Å². The molecule has 0 spiro atoms. The predicted octanol–water partition coefficient (Wildman–Crippen LogP) is 5.20. The SMILES string of the molecule is CCC1CC(c2cccc(-c3nc(CS(C)(=O)=O)n[nH]3)n2)c2nnc(-c3c(F)cccc3F)cc2[C@H]1CC. The van der Waals surface area contributed by atoms with E-state index in [4.69, 9.17) is 4.98 Å². The van der Waals surface area contributed by atoms with Gasteiger partial charge in [0.15, 0.2) is 21.5 Å². The van der Waals surface area contributed by atoms with Crippen LogP contribution in [0.25, 0.3) is 22.8 Å². The fraction of sp³-hybridized carbons (Fsp3) is 0.370. The number of H-pyrrole nitrogens is 1. The molecule has 1 N–H and O–H groups in total. The first-order chi connectivity index (χ1) is 18.2. The highest BCUT2D eigenvalue weighted by atomic mass is 32.2. The number of nitrogens with one attached hydrogen (secondary N) is 1. The monoisotopic (exact) mass is 538 g/mol. The van der Waals surface area contributed by atoms with Gasteiger partial charge in [-0.2, -0.15) is 10.2 Å². The highest BCUT2D eigenvalue weighted by Crippen LogP contribution is 2.47. The van der Waals surface area contributed by atoms with Gasteiger partial charge in [0.25, 0.3) is 0 Å². The summed E-state index contributed by atoms with van der Waals surface area (Å²) < 4.78 is 52.4. The first-order valence-corrected chi connectivity index (χ1v) is 14.6. The van der Waals surface area contributed by atoms with E-state index in [-0.39, 0.29) is 34.7 Å². The Balaban J connectivity index is 1.57. The molecule has 3 aromatic heterocycles. The highest BCUT2D eigenvalue weighted by molar-refractivity contribution is 7.89. The zero-order valence-electron chi connectivity index (χ0n) is 21.3. The number of benzene rings is 1. The standard InChI is InChI=1S/C27H28F2N6O2S/c1-4-15-12-18(21-10-7-11-22(30-21)27-31-24(33-35-27)14-38(3,36)37)26-17(16(15)5-2)13-23(32-34-26)25-19(28)8-6-9-20(25)29/h6-11,13,15-16,18H,4-5,12,14H2,1-3H3,(H,31,33,35)/t15?,16-,18?/m0/s1. The molecule has 0 saturated carbocycles. The zero-order chi connectivity index (χ0) is 27.0. The van der Waals surface area contributed by atoms with Crippen molar-refractivity contribution < 1.29 is 17.2 Å². The lowest BCUT2D eigenvalue weighted by molar-refractivity contribution is 0.326. The van der Waals surface area contributed by atoms with Gasteiger partial charge in [0, 0.05) is 12.2 Å². The molecular weight excluding hydrogens is 510 g/mol. The molecule has 38 heavy (non-hydrogen) atoms. The second-order valence-corrected chi connectivity index (χ2v) is 11.9. The third-order valence-corrected chi connectivity index (χ3v) is 7.95. The summed E-state index contributed by atoms with van der Waals surface area (Å²) >= 11 is 0. The van der Waals surface area contributed by atoms with E-state index in [1.54, 1.807) is 12.1 Å². The van der Waals surface area contributed by atoms with E-state index in [2.05, 4.69) is 39.2 Å². The Morgan fingerprint density at radius 1 is 0.974 bits per heavy atom. The van der Waals surface area contributed by atoms with Crippen LogP contribution < -0.4 is 0 Å². The number of aromatic amines is 1. The maximum Gasteiger partial charge on any atom is 0.174 e. The number of aromatic nitrogens is 6. The Kier molecular flexibility index (Phi) is 7.04. The van der Waals surface area contributed by atoms with E-state index in [9.17, 15) is 17.2 Å². The van der Waals surface area contributed by atoms with E-state index in [1.165, 1.54) is 18.2 Å². The van der Waals surface area contributed by atoms with Gasteiger partial charge >= 0.3 is 0 Å². The molecule has 0 fully saturated rings. The number of halogens is 2. The predicted molar refractivity (Wildman–Crippen MR) is 139 cm³/mol. The summed E-state index contributed by atoms with van der Waals surface area (Å²) in [6, 6.07) is 11.1. The first-order valence-electron chi connectivity index (χ1n) is 12.6. The molecule has 3 heterocycles. The summed E-state index contributed by atoms with van der Waals surface area (Å²) in [6.45, 7) is 4.25. The summed E-state index contributed by atoms with van der Waals surface area (Å²) in [5.41, 5.74) is 2.97. The van der Waals surface area contributed by atoms with Crippen LogP contribution in [0.2, 0.25) is 0 Å². The minimum atomic E-state index is -3.28. The Morgan fingerprint density at radius 2 is 1.71 bits per heavy atom. The van der Waals surface area contributed by atoms with Gasteiger partial charge in [-0.25, -0.2) is 27.2 Å². The van der Waals surface area contributed by atoms with Crippen molar-refractivity contribution in [2.24, 2.45) is 5.92 Å². The second kappa shape index (κ2) is 10.3. The molecule has 1 aliphatic carbocycles. The van der Waals surface area contributed by atoms with Gasteiger partial charge in [-0.3, -0.25) is 5.10 Å². The van der Waals surface area contributed by atoms with Crippen molar-refractivity contribution in [1.82, 2.24) is 30.4 Å². The smallest absolute Gasteiger partial charge is 0.174 e. The fourth-order valence-corrected chi connectivity index (χ4v) is 6.03. The lowest BCUT2D eigenvalue weighted by atomic mass is 9.69. The zero-order valence-corrected chi connectivity index (χ0v) is 22.1. The van der Waals surface area contributed by atoms with E-state index in [0.717, 1.165) is 42.5 Å². The maximum absolute atomic E-state index is 14.6. The summed E-state index contributed by atoms with van der Waals surface area (Å²) in [6.07, 6.45) is 3.72. The third-order valence-electron chi connectivity index (χ3n) is 7.17. The Hall–Kier alpha value is -3.60. The Labute approximate surface area is 219 Å². The molecule has 4 aromatic rings. The van der Waals surface area contributed by atoms with Crippen molar-refractivity contribution in [2.75, 3.05) is 6.26 Å². The Morgan fingerprint density at radius 3 is 2.39 bits per heavy atom. The number of pyridine rings is 1. The molecule has 5 rings (SSSR count).